The van der Waals surface area contributed by atoms with E-state index >= 15 is 0 Å². The minimum Gasteiger partial charge on any atom is -0.368 e. The highest BCUT2D eigenvalue weighted by molar-refractivity contribution is 6.32. The highest BCUT2D eigenvalue weighted by Crippen LogP contribution is 2.21. The number of hydrogen-bond acceptors (Lipinski definition) is 3. The van der Waals surface area contributed by atoms with Gasteiger partial charge in [-0.05, 0) is 42.0 Å². The van der Waals surface area contributed by atoms with E-state index < -0.39 is 0 Å². The number of para-hydroxylation sites is 2. The first-order chi connectivity index (χ1) is 15.6. The summed E-state index contributed by atoms with van der Waals surface area (Å²) in [5.41, 5.74) is 2.90. The zero-order valence-electron chi connectivity index (χ0n) is 17.6. The van der Waals surface area contributed by atoms with Crippen LogP contribution in [-0.4, -0.2) is 42.9 Å². The van der Waals surface area contributed by atoms with Crippen LogP contribution in [0.2, 0.25) is 5.02 Å². The molecule has 5 nitrogen and oxygen atoms in total. The first-order valence-electron chi connectivity index (χ1n) is 10.5. The summed E-state index contributed by atoms with van der Waals surface area (Å²) >= 11 is 6.13. The number of nitrogens with one attached hydrogen (secondary N) is 1. The topological polar surface area (TPSA) is 52.7 Å². The largest absolute Gasteiger partial charge is 0.368 e. The second-order valence-corrected chi connectivity index (χ2v) is 7.91. The Morgan fingerprint density at radius 3 is 2.22 bits per heavy atom. The molecular formula is C26H24ClN3O2. The Kier molecular flexibility index (Phi) is 6.87. The fourth-order valence-corrected chi connectivity index (χ4v) is 3.90. The van der Waals surface area contributed by atoms with Crippen molar-refractivity contribution in [1.82, 2.24) is 4.90 Å². The number of carbonyl (C=O) groups excluding carboxylic acids is 2. The average Bonchev–Trinajstić information content (AvgIpc) is 2.84. The maximum Gasteiger partial charge on any atom is 0.256 e. The number of nitrogens with zero attached hydrogens (tertiary/aromatic N) is 2. The number of benzene rings is 3. The van der Waals surface area contributed by atoms with Gasteiger partial charge in [0.2, 0.25) is 5.91 Å². The minimum atomic E-state index is -0.320. The maximum atomic E-state index is 13.2. The molecule has 1 aliphatic rings. The van der Waals surface area contributed by atoms with E-state index in [0.29, 0.717) is 29.4 Å². The molecule has 0 aliphatic carbocycles. The van der Waals surface area contributed by atoms with Crippen molar-refractivity contribution in [3.05, 3.63) is 101 Å². The van der Waals surface area contributed by atoms with Gasteiger partial charge in [0.05, 0.1) is 11.3 Å². The molecule has 1 N–H and O–H groups in total. The Morgan fingerprint density at radius 1 is 0.812 bits per heavy atom. The molecular weight excluding hydrogens is 422 g/mol. The third kappa shape index (κ3) is 5.18. The van der Waals surface area contributed by atoms with Crippen LogP contribution >= 0.6 is 11.6 Å². The molecule has 0 bridgehead atoms. The Morgan fingerprint density at radius 2 is 1.47 bits per heavy atom. The van der Waals surface area contributed by atoms with Crippen LogP contribution in [0.25, 0.3) is 6.08 Å². The summed E-state index contributed by atoms with van der Waals surface area (Å²) in [6, 6.07) is 24.6. The predicted molar refractivity (Wildman–Crippen MR) is 130 cm³/mol. The quantitative estimate of drug-likeness (QED) is 0.565. The molecule has 0 radical (unpaired) electrons. The molecule has 0 aromatic heterocycles. The zero-order valence-corrected chi connectivity index (χ0v) is 18.3. The second-order valence-electron chi connectivity index (χ2n) is 7.50. The van der Waals surface area contributed by atoms with Gasteiger partial charge in [-0.15, -0.1) is 0 Å². The Bertz CT molecular complexity index is 1120. The molecule has 0 spiro atoms. The molecule has 1 aliphatic heterocycles. The molecule has 3 aromatic rings. The summed E-state index contributed by atoms with van der Waals surface area (Å²) in [6.45, 7) is 2.79. The second kappa shape index (κ2) is 10.2. The molecule has 6 heteroatoms. The van der Waals surface area contributed by atoms with Gasteiger partial charge in [0.25, 0.3) is 5.91 Å². The highest BCUT2D eigenvalue weighted by Gasteiger charge is 2.24. The van der Waals surface area contributed by atoms with E-state index in [2.05, 4.69) is 22.3 Å². The van der Waals surface area contributed by atoms with Crippen LogP contribution in [0, 0.1) is 0 Å². The smallest absolute Gasteiger partial charge is 0.256 e. The van der Waals surface area contributed by atoms with Crippen molar-refractivity contribution in [2.24, 2.45) is 0 Å². The van der Waals surface area contributed by atoms with Crippen molar-refractivity contribution in [3.63, 3.8) is 0 Å². The molecule has 4 rings (SSSR count). The number of anilines is 2. The van der Waals surface area contributed by atoms with E-state index in [0.717, 1.165) is 24.3 Å². The van der Waals surface area contributed by atoms with Gasteiger partial charge in [-0.2, -0.15) is 0 Å². The molecule has 1 fully saturated rings. The molecule has 0 unspecified atom stereocenters. The summed E-state index contributed by atoms with van der Waals surface area (Å²) < 4.78 is 0. The van der Waals surface area contributed by atoms with Gasteiger partial charge in [0, 0.05) is 43.0 Å². The standard InChI is InChI=1S/C26H24ClN3O2/c27-23-12-6-4-8-20(23)14-15-25(31)28-24-13-7-5-11-22(24)26(32)30-18-16-29(17-19-30)21-9-2-1-3-10-21/h1-15H,16-19H2,(H,28,31). The molecule has 0 atom stereocenters. The first kappa shape index (κ1) is 21.7. The third-order valence-corrected chi connectivity index (χ3v) is 5.77. The van der Waals surface area contributed by atoms with E-state index in [4.69, 9.17) is 11.6 Å². The average molecular weight is 446 g/mol. The molecule has 0 saturated carbocycles. The summed E-state index contributed by atoms with van der Waals surface area (Å²) in [5.74, 6) is -0.400. The van der Waals surface area contributed by atoms with Gasteiger partial charge in [-0.3, -0.25) is 9.59 Å². The molecule has 2 amide bonds. The lowest BCUT2D eigenvalue weighted by atomic mass is 10.1. The van der Waals surface area contributed by atoms with Crippen molar-refractivity contribution in [3.8, 4) is 0 Å². The molecule has 32 heavy (non-hydrogen) atoms. The number of rotatable bonds is 5. The highest BCUT2D eigenvalue weighted by atomic mass is 35.5. The van der Waals surface area contributed by atoms with Crippen molar-refractivity contribution >= 4 is 40.9 Å². The summed E-state index contributed by atoms with van der Waals surface area (Å²) in [5, 5.41) is 3.40. The van der Waals surface area contributed by atoms with E-state index in [1.165, 1.54) is 6.08 Å². The van der Waals surface area contributed by atoms with Crippen LogP contribution in [0.4, 0.5) is 11.4 Å². The Hall–Kier alpha value is -3.57. The number of piperazine rings is 1. The lowest BCUT2D eigenvalue weighted by Gasteiger charge is -2.36. The van der Waals surface area contributed by atoms with Crippen LogP contribution in [0.1, 0.15) is 15.9 Å². The van der Waals surface area contributed by atoms with Crippen molar-refractivity contribution in [2.45, 2.75) is 0 Å². The van der Waals surface area contributed by atoms with Gasteiger partial charge in [0.1, 0.15) is 0 Å². The summed E-state index contributed by atoms with van der Waals surface area (Å²) in [4.78, 5) is 29.8. The fraction of sp³-hybridized carbons (Fsp3) is 0.154. The Balaban J connectivity index is 1.41. The molecule has 1 saturated heterocycles. The van der Waals surface area contributed by atoms with Crippen molar-refractivity contribution < 1.29 is 9.59 Å². The van der Waals surface area contributed by atoms with Crippen LogP contribution in [-0.2, 0) is 4.79 Å². The summed E-state index contributed by atoms with van der Waals surface area (Å²) in [6.07, 6.45) is 3.08. The predicted octanol–water partition coefficient (Wildman–Crippen LogP) is 4.95. The van der Waals surface area contributed by atoms with E-state index in [1.54, 1.807) is 30.3 Å². The normalized spacial score (nSPS) is 13.9. The van der Waals surface area contributed by atoms with Gasteiger partial charge in [-0.1, -0.05) is 60.1 Å². The molecule has 1 heterocycles. The lowest BCUT2D eigenvalue weighted by Crippen LogP contribution is -2.48. The number of halogens is 1. The number of hydrogen-bond donors (Lipinski definition) is 1. The first-order valence-corrected chi connectivity index (χ1v) is 10.9. The number of carbonyl (C=O) groups is 2. The lowest BCUT2D eigenvalue weighted by molar-refractivity contribution is -0.111. The van der Waals surface area contributed by atoms with E-state index in [1.807, 2.05) is 47.4 Å². The number of amides is 2. The van der Waals surface area contributed by atoms with Crippen LogP contribution < -0.4 is 10.2 Å². The molecule has 162 valence electrons. The zero-order chi connectivity index (χ0) is 22.3. The van der Waals surface area contributed by atoms with Crippen LogP contribution in [0.15, 0.2) is 84.9 Å². The molecule has 3 aromatic carbocycles. The van der Waals surface area contributed by atoms with Gasteiger partial charge >= 0.3 is 0 Å². The third-order valence-electron chi connectivity index (χ3n) is 5.42. The maximum absolute atomic E-state index is 13.2. The fourth-order valence-electron chi connectivity index (χ4n) is 3.71. The van der Waals surface area contributed by atoms with E-state index in [9.17, 15) is 9.59 Å². The van der Waals surface area contributed by atoms with Crippen LogP contribution in [0.3, 0.4) is 0 Å². The van der Waals surface area contributed by atoms with Gasteiger partial charge < -0.3 is 15.1 Å². The van der Waals surface area contributed by atoms with Crippen molar-refractivity contribution in [1.29, 1.82) is 0 Å². The van der Waals surface area contributed by atoms with Gasteiger partial charge in [0.15, 0.2) is 0 Å². The van der Waals surface area contributed by atoms with Crippen molar-refractivity contribution in [2.75, 3.05) is 36.4 Å². The monoisotopic (exact) mass is 445 g/mol. The van der Waals surface area contributed by atoms with Crippen LogP contribution in [0.5, 0.6) is 0 Å². The SMILES string of the molecule is O=C(C=Cc1ccccc1Cl)Nc1ccccc1C(=O)N1CCN(c2ccccc2)CC1. The Labute approximate surface area is 192 Å². The summed E-state index contributed by atoms with van der Waals surface area (Å²) in [7, 11) is 0. The van der Waals surface area contributed by atoms with E-state index in [-0.39, 0.29) is 11.8 Å². The minimum absolute atomic E-state index is 0.0799. The van der Waals surface area contributed by atoms with Gasteiger partial charge in [-0.25, -0.2) is 0 Å².